The van der Waals surface area contributed by atoms with Crippen LogP contribution in [0.5, 0.6) is 0 Å². The third-order valence-electron chi connectivity index (χ3n) is 3.04. The smallest absolute Gasteiger partial charge is 0.356 e. The number of piperazine rings is 1. The lowest BCUT2D eigenvalue weighted by Gasteiger charge is -2.36. The van der Waals surface area contributed by atoms with Crippen molar-refractivity contribution in [2.75, 3.05) is 31.6 Å². The van der Waals surface area contributed by atoms with Crippen molar-refractivity contribution >= 4 is 17.6 Å². The van der Waals surface area contributed by atoms with Crippen molar-refractivity contribution in [3.8, 4) is 0 Å². The summed E-state index contributed by atoms with van der Waals surface area (Å²) < 4.78 is 4.63. The van der Waals surface area contributed by atoms with Gasteiger partial charge in [0.1, 0.15) is 11.7 Å². The Morgan fingerprint density at radius 1 is 1.58 bits per heavy atom. The van der Waals surface area contributed by atoms with Gasteiger partial charge in [-0.1, -0.05) is 0 Å². The average molecular weight is 264 g/mol. The van der Waals surface area contributed by atoms with Crippen LogP contribution in [-0.2, 0) is 9.53 Å². The number of carbonyl (C=O) groups excluding carboxylic acids is 2. The van der Waals surface area contributed by atoms with Crippen molar-refractivity contribution in [3.05, 3.63) is 24.0 Å². The van der Waals surface area contributed by atoms with Gasteiger partial charge in [-0.15, -0.1) is 0 Å². The molecule has 1 fully saturated rings. The van der Waals surface area contributed by atoms with E-state index in [1.54, 1.807) is 12.1 Å². The summed E-state index contributed by atoms with van der Waals surface area (Å²) in [6, 6.07) is 2.92. The molecule has 7 heteroatoms. The zero-order valence-electron chi connectivity index (χ0n) is 10.6. The molecule has 2 heterocycles. The predicted octanol–water partition coefficient (Wildman–Crippen LogP) is -0.868. The van der Waals surface area contributed by atoms with Gasteiger partial charge in [-0.2, -0.15) is 0 Å². The number of carbonyl (C=O) groups is 2. The number of esters is 1. The number of primary amides is 1. The second-order valence-electron chi connectivity index (χ2n) is 4.21. The molecular formula is C12H16N4O3. The number of aromatic nitrogens is 1. The van der Waals surface area contributed by atoms with Gasteiger partial charge >= 0.3 is 5.97 Å². The fraction of sp³-hybridized carbons (Fsp3) is 0.417. The molecule has 7 nitrogen and oxygen atoms in total. The minimum atomic E-state index is -0.507. The van der Waals surface area contributed by atoms with E-state index in [1.807, 2.05) is 4.90 Å². The summed E-state index contributed by atoms with van der Waals surface area (Å²) in [5.41, 5.74) is 6.34. The number of ether oxygens (including phenoxy) is 1. The molecule has 1 amide bonds. The monoisotopic (exact) mass is 264 g/mol. The van der Waals surface area contributed by atoms with E-state index in [0.29, 0.717) is 13.1 Å². The van der Waals surface area contributed by atoms with Crippen LogP contribution in [0.25, 0.3) is 0 Å². The minimum absolute atomic E-state index is 0.210. The van der Waals surface area contributed by atoms with Crippen molar-refractivity contribution in [3.63, 3.8) is 0 Å². The molecule has 1 aliphatic heterocycles. The standard InChI is InChI=1S/C12H16N4O3/c1-19-12(18)9-6-8(2-3-15-9)16-5-4-14-7-10(16)11(13)17/h2-3,6,10,14H,4-5,7H2,1H3,(H2,13,17). The topological polar surface area (TPSA) is 97.5 Å². The quantitative estimate of drug-likeness (QED) is 0.689. The number of anilines is 1. The van der Waals surface area contributed by atoms with Gasteiger partial charge in [-0.25, -0.2) is 9.78 Å². The van der Waals surface area contributed by atoms with Gasteiger partial charge in [0, 0.05) is 31.5 Å². The van der Waals surface area contributed by atoms with Crippen LogP contribution in [0.2, 0.25) is 0 Å². The number of nitrogens with two attached hydrogens (primary N) is 1. The lowest BCUT2D eigenvalue weighted by molar-refractivity contribution is -0.119. The Balaban J connectivity index is 2.29. The Bertz CT molecular complexity index is 492. The molecular weight excluding hydrogens is 248 g/mol. The SMILES string of the molecule is COC(=O)c1cc(N2CCNCC2C(N)=O)ccn1. The molecule has 3 N–H and O–H groups in total. The zero-order chi connectivity index (χ0) is 13.8. The Hall–Kier alpha value is -2.15. The number of pyridine rings is 1. The minimum Gasteiger partial charge on any atom is -0.464 e. The van der Waals surface area contributed by atoms with E-state index < -0.39 is 17.9 Å². The van der Waals surface area contributed by atoms with E-state index >= 15 is 0 Å². The molecule has 19 heavy (non-hydrogen) atoms. The van der Waals surface area contributed by atoms with Crippen molar-refractivity contribution in [1.29, 1.82) is 0 Å². The summed E-state index contributed by atoms with van der Waals surface area (Å²) in [5, 5.41) is 3.11. The second kappa shape index (κ2) is 5.66. The summed E-state index contributed by atoms with van der Waals surface area (Å²) >= 11 is 0. The fourth-order valence-electron chi connectivity index (χ4n) is 2.08. The largest absolute Gasteiger partial charge is 0.464 e. The van der Waals surface area contributed by atoms with Crippen molar-refractivity contribution in [2.45, 2.75) is 6.04 Å². The van der Waals surface area contributed by atoms with Gasteiger partial charge in [0.25, 0.3) is 0 Å². The lowest BCUT2D eigenvalue weighted by atomic mass is 10.1. The van der Waals surface area contributed by atoms with Crippen molar-refractivity contribution < 1.29 is 14.3 Å². The first-order valence-electron chi connectivity index (χ1n) is 5.94. The molecule has 1 atom stereocenters. The Morgan fingerprint density at radius 3 is 3.05 bits per heavy atom. The highest BCUT2D eigenvalue weighted by Crippen LogP contribution is 2.19. The molecule has 0 saturated carbocycles. The van der Waals surface area contributed by atoms with Crippen LogP contribution in [0.4, 0.5) is 5.69 Å². The highest BCUT2D eigenvalue weighted by Gasteiger charge is 2.27. The molecule has 1 aliphatic rings. The van der Waals surface area contributed by atoms with Crippen LogP contribution in [-0.4, -0.2) is 49.6 Å². The summed E-state index contributed by atoms with van der Waals surface area (Å²) in [6.45, 7) is 1.88. The van der Waals surface area contributed by atoms with Gasteiger partial charge in [0.2, 0.25) is 5.91 Å². The second-order valence-corrected chi connectivity index (χ2v) is 4.21. The molecule has 2 rings (SSSR count). The molecule has 0 aromatic carbocycles. The highest BCUT2D eigenvalue weighted by molar-refractivity contribution is 5.89. The van der Waals surface area contributed by atoms with E-state index in [2.05, 4.69) is 15.0 Å². The Morgan fingerprint density at radius 2 is 2.37 bits per heavy atom. The average Bonchev–Trinajstić information content (AvgIpc) is 2.46. The van der Waals surface area contributed by atoms with Crippen molar-refractivity contribution in [1.82, 2.24) is 10.3 Å². The lowest BCUT2D eigenvalue weighted by Crippen LogP contribution is -2.57. The first kappa shape index (κ1) is 13.3. The van der Waals surface area contributed by atoms with Gasteiger partial charge in [-0.05, 0) is 12.1 Å². The molecule has 0 aliphatic carbocycles. The van der Waals surface area contributed by atoms with Crippen LogP contribution >= 0.6 is 0 Å². The van der Waals surface area contributed by atoms with E-state index in [4.69, 9.17) is 5.73 Å². The normalized spacial score (nSPS) is 19.0. The number of amides is 1. The first-order chi connectivity index (χ1) is 9.13. The number of methoxy groups -OCH3 is 1. The fourth-order valence-corrected chi connectivity index (χ4v) is 2.08. The van der Waals surface area contributed by atoms with Crippen LogP contribution < -0.4 is 16.0 Å². The summed E-state index contributed by atoms with van der Waals surface area (Å²) in [6.07, 6.45) is 1.52. The summed E-state index contributed by atoms with van der Waals surface area (Å²) in [4.78, 5) is 28.7. The van der Waals surface area contributed by atoms with Crippen LogP contribution in [0.15, 0.2) is 18.3 Å². The summed E-state index contributed by atoms with van der Waals surface area (Å²) in [5.74, 6) is -0.906. The van der Waals surface area contributed by atoms with Crippen molar-refractivity contribution in [2.24, 2.45) is 5.73 Å². The Labute approximate surface area is 110 Å². The van der Waals surface area contributed by atoms with Crippen LogP contribution in [0.1, 0.15) is 10.5 Å². The molecule has 1 unspecified atom stereocenters. The maximum atomic E-state index is 11.5. The highest BCUT2D eigenvalue weighted by atomic mass is 16.5. The third-order valence-corrected chi connectivity index (χ3v) is 3.04. The van der Waals surface area contributed by atoms with Crippen LogP contribution in [0, 0.1) is 0 Å². The first-order valence-corrected chi connectivity index (χ1v) is 5.94. The number of hydrogen-bond acceptors (Lipinski definition) is 6. The van der Waals surface area contributed by atoms with E-state index in [1.165, 1.54) is 13.3 Å². The van der Waals surface area contributed by atoms with E-state index in [9.17, 15) is 9.59 Å². The molecule has 0 bridgehead atoms. The van der Waals surface area contributed by atoms with Crippen LogP contribution in [0.3, 0.4) is 0 Å². The molecule has 0 radical (unpaired) electrons. The summed E-state index contributed by atoms with van der Waals surface area (Å²) in [7, 11) is 1.30. The van der Waals surface area contributed by atoms with Gasteiger partial charge in [0.15, 0.2) is 0 Å². The number of nitrogens with one attached hydrogen (secondary N) is 1. The molecule has 102 valence electrons. The van der Waals surface area contributed by atoms with Gasteiger partial charge < -0.3 is 20.7 Å². The number of nitrogens with zero attached hydrogens (tertiary/aromatic N) is 2. The Kier molecular flexibility index (Phi) is 3.96. The van der Waals surface area contributed by atoms with Gasteiger partial charge in [-0.3, -0.25) is 4.79 Å². The van der Waals surface area contributed by atoms with Gasteiger partial charge in [0.05, 0.1) is 7.11 Å². The molecule has 1 aromatic heterocycles. The zero-order valence-corrected chi connectivity index (χ0v) is 10.6. The molecule has 1 saturated heterocycles. The third kappa shape index (κ3) is 2.82. The van der Waals surface area contributed by atoms with E-state index in [0.717, 1.165) is 12.2 Å². The molecule has 0 spiro atoms. The van der Waals surface area contributed by atoms with E-state index in [-0.39, 0.29) is 5.69 Å². The maximum Gasteiger partial charge on any atom is 0.356 e. The molecule has 1 aromatic rings. The number of rotatable bonds is 3. The maximum absolute atomic E-state index is 11.5. The number of hydrogen-bond donors (Lipinski definition) is 2. The predicted molar refractivity (Wildman–Crippen MR) is 68.8 cm³/mol.